The average molecular weight is 343 g/mol. The van der Waals surface area contributed by atoms with Crippen molar-refractivity contribution >= 4 is 11.6 Å². The molecule has 0 fully saturated rings. The van der Waals surface area contributed by atoms with E-state index >= 15 is 0 Å². The molecule has 0 saturated heterocycles. The second-order valence-electron chi connectivity index (χ2n) is 4.94. The summed E-state index contributed by atoms with van der Waals surface area (Å²) in [5, 5.41) is 10.1. The second kappa shape index (κ2) is 7.00. The summed E-state index contributed by atoms with van der Waals surface area (Å²) in [7, 11) is 3.00. The van der Waals surface area contributed by atoms with E-state index in [4.69, 9.17) is 13.9 Å². The fourth-order valence-corrected chi connectivity index (χ4v) is 2.11. The van der Waals surface area contributed by atoms with Crippen LogP contribution >= 0.6 is 0 Å². The quantitative estimate of drug-likeness (QED) is 0.766. The van der Waals surface area contributed by atoms with Crippen LogP contribution in [0.2, 0.25) is 0 Å². The molecule has 3 aromatic rings. The molecule has 0 saturated carbocycles. The number of aromatic nitrogens is 2. The van der Waals surface area contributed by atoms with Crippen molar-refractivity contribution in [1.82, 2.24) is 10.2 Å². The van der Waals surface area contributed by atoms with E-state index in [0.717, 1.165) is 0 Å². The lowest BCUT2D eigenvalue weighted by molar-refractivity contribution is 0.0990. The molecule has 0 aliphatic rings. The topological polar surface area (TPSA) is 86.5 Å². The van der Waals surface area contributed by atoms with Crippen LogP contribution in [0.15, 0.2) is 46.9 Å². The van der Waals surface area contributed by atoms with Gasteiger partial charge in [0.2, 0.25) is 5.89 Å². The molecular formula is C17H14FN3O4. The molecule has 8 heteroatoms. The van der Waals surface area contributed by atoms with Crippen molar-refractivity contribution in [2.24, 2.45) is 0 Å². The molecule has 0 aliphatic carbocycles. The van der Waals surface area contributed by atoms with Crippen molar-refractivity contribution in [2.75, 3.05) is 19.5 Å². The molecule has 7 nitrogen and oxygen atoms in total. The normalized spacial score (nSPS) is 10.4. The fourth-order valence-electron chi connectivity index (χ4n) is 2.11. The number of anilines is 1. The smallest absolute Gasteiger partial charge is 0.313 e. The molecule has 1 heterocycles. The van der Waals surface area contributed by atoms with Crippen LogP contribution < -0.4 is 14.8 Å². The lowest BCUT2D eigenvalue weighted by Gasteiger charge is -2.10. The monoisotopic (exact) mass is 343 g/mol. The number of rotatable bonds is 5. The van der Waals surface area contributed by atoms with Gasteiger partial charge in [-0.15, -0.1) is 10.2 Å². The Morgan fingerprint density at radius 1 is 1.08 bits per heavy atom. The SMILES string of the molecule is COc1ccc(OC)c(NC(=O)c2nnc(-c3ccc(F)cc3)o2)c1. The molecule has 0 aliphatic heterocycles. The molecular weight excluding hydrogens is 329 g/mol. The number of nitrogens with one attached hydrogen (secondary N) is 1. The first-order chi connectivity index (χ1) is 12.1. The van der Waals surface area contributed by atoms with Gasteiger partial charge in [0.05, 0.1) is 19.9 Å². The number of ether oxygens (including phenoxy) is 2. The van der Waals surface area contributed by atoms with Crippen LogP contribution in [-0.4, -0.2) is 30.3 Å². The van der Waals surface area contributed by atoms with Gasteiger partial charge in [-0.2, -0.15) is 0 Å². The number of hydrogen-bond donors (Lipinski definition) is 1. The van der Waals surface area contributed by atoms with Gasteiger partial charge in [0.25, 0.3) is 0 Å². The van der Waals surface area contributed by atoms with Crippen molar-refractivity contribution in [3.8, 4) is 23.0 Å². The number of hydrogen-bond acceptors (Lipinski definition) is 6. The van der Waals surface area contributed by atoms with E-state index in [2.05, 4.69) is 15.5 Å². The third-order valence-corrected chi connectivity index (χ3v) is 3.37. The second-order valence-corrected chi connectivity index (χ2v) is 4.94. The Morgan fingerprint density at radius 2 is 1.84 bits per heavy atom. The summed E-state index contributed by atoms with van der Waals surface area (Å²) in [6, 6.07) is 10.5. The largest absolute Gasteiger partial charge is 0.497 e. The van der Waals surface area contributed by atoms with Gasteiger partial charge >= 0.3 is 11.8 Å². The molecule has 1 aromatic heterocycles. The number of halogens is 1. The predicted molar refractivity (Wildman–Crippen MR) is 87.2 cm³/mol. The van der Waals surface area contributed by atoms with Gasteiger partial charge < -0.3 is 19.2 Å². The highest BCUT2D eigenvalue weighted by atomic mass is 19.1. The Labute approximate surface area is 142 Å². The van der Waals surface area contributed by atoms with E-state index in [1.807, 2.05) is 0 Å². The van der Waals surface area contributed by atoms with E-state index in [-0.39, 0.29) is 17.6 Å². The van der Waals surface area contributed by atoms with Crippen LogP contribution in [-0.2, 0) is 0 Å². The molecule has 128 valence electrons. The Balaban J connectivity index is 1.81. The molecule has 3 rings (SSSR count). The zero-order valence-corrected chi connectivity index (χ0v) is 13.4. The van der Waals surface area contributed by atoms with E-state index in [1.165, 1.54) is 38.5 Å². The van der Waals surface area contributed by atoms with E-state index < -0.39 is 5.91 Å². The minimum absolute atomic E-state index is 0.114. The summed E-state index contributed by atoms with van der Waals surface area (Å²) < 4.78 is 28.6. The Bertz CT molecular complexity index is 893. The third kappa shape index (κ3) is 3.57. The number of carbonyl (C=O) groups is 1. The fraction of sp³-hybridized carbons (Fsp3) is 0.118. The van der Waals surface area contributed by atoms with Crippen LogP contribution in [0.1, 0.15) is 10.7 Å². The van der Waals surface area contributed by atoms with Crippen LogP contribution in [0.4, 0.5) is 10.1 Å². The summed E-state index contributed by atoms with van der Waals surface area (Å²) in [6.45, 7) is 0. The Hall–Kier alpha value is -3.42. The van der Waals surface area contributed by atoms with Gasteiger partial charge in [-0.05, 0) is 36.4 Å². The van der Waals surface area contributed by atoms with Crippen LogP contribution in [0.5, 0.6) is 11.5 Å². The molecule has 0 unspecified atom stereocenters. The van der Waals surface area contributed by atoms with E-state index in [1.54, 1.807) is 18.2 Å². The van der Waals surface area contributed by atoms with Crippen LogP contribution in [0.3, 0.4) is 0 Å². The first kappa shape index (κ1) is 16.4. The van der Waals surface area contributed by atoms with Crippen molar-refractivity contribution < 1.29 is 23.1 Å². The number of carbonyl (C=O) groups excluding carboxylic acids is 1. The predicted octanol–water partition coefficient (Wildman–Crippen LogP) is 3.15. The van der Waals surface area contributed by atoms with Gasteiger partial charge in [0.1, 0.15) is 17.3 Å². The first-order valence-corrected chi connectivity index (χ1v) is 7.23. The van der Waals surface area contributed by atoms with Crippen molar-refractivity contribution in [2.45, 2.75) is 0 Å². The van der Waals surface area contributed by atoms with Crippen LogP contribution in [0.25, 0.3) is 11.5 Å². The lowest BCUT2D eigenvalue weighted by Crippen LogP contribution is -2.13. The van der Waals surface area contributed by atoms with E-state index in [9.17, 15) is 9.18 Å². The number of nitrogens with zero attached hydrogens (tertiary/aromatic N) is 2. The zero-order chi connectivity index (χ0) is 17.8. The summed E-state index contributed by atoms with van der Waals surface area (Å²) in [5.41, 5.74) is 0.903. The van der Waals surface area contributed by atoms with E-state index in [0.29, 0.717) is 22.7 Å². The molecule has 0 radical (unpaired) electrons. The number of methoxy groups -OCH3 is 2. The number of amides is 1. The van der Waals surface area contributed by atoms with Gasteiger partial charge in [0.15, 0.2) is 0 Å². The maximum atomic E-state index is 13.0. The molecule has 0 bridgehead atoms. The summed E-state index contributed by atoms with van der Waals surface area (Å²) in [6.07, 6.45) is 0. The lowest BCUT2D eigenvalue weighted by atomic mass is 10.2. The van der Waals surface area contributed by atoms with Gasteiger partial charge in [0, 0.05) is 11.6 Å². The van der Waals surface area contributed by atoms with Gasteiger partial charge in [-0.1, -0.05) is 0 Å². The average Bonchev–Trinajstić information content (AvgIpc) is 3.12. The highest BCUT2D eigenvalue weighted by Gasteiger charge is 2.18. The third-order valence-electron chi connectivity index (χ3n) is 3.37. The maximum Gasteiger partial charge on any atom is 0.313 e. The molecule has 25 heavy (non-hydrogen) atoms. The van der Waals surface area contributed by atoms with Crippen molar-refractivity contribution in [1.29, 1.82) is 0 Å². The summed E-state index contributed by atoms with van der Waals surface area (Å²) >= 11 is 0. The van der Waals surface area contributed by atoms with Gasteiger partial charge in [-0.3, -0.25) is 4.79 Å². The van der Waals surface area contributed by atoms with Crippen molar-refractivity contribution in [3.63, 3.8) is 0 Å². The number of benzene rings is 2. The maximum absolute atomic E-state index is 13.0. The molecule has 1 amide bonds. The first-order valence-electron chi connectivity index (χ1n) is 7.23. The minimum Gasteiger partial charge on any atom is -0.497 e. The highest BCUT2D eigenvalue weighted by molar-refractivity contribution is 6.02. The molecule has 0 spiro atoms. The van der Waals surface area contributed by atoms with Gasteiger partial charge in [-0.25, -0.2) is 4.39 Å². The summed E-state index contributed by atoms with van der Waals surface area (Å²) in [4.78, 5) is 12.3. The van der Waals surface area contributed by atoms with Crippen molar-refractivity contribution in [3.05, 3.63) is 54.2 Å². The van der Waals surface area contributed by atoms with Crippen LogP contribution in [0, 0.1) is 5.82 Å². The Kier molecular flexibility index (Phi) is 4.60. The highest BCUT2D eigenvalue weighted by Crippen LogP contribution is 2.29. The summed E-state index contributed by atoms with van der Waals surface area (Å²) in [5.74, 6) is -0.105. The Morgan fingerprint density at radius 3 is 2.52 bits per heavy atom. The molecule has 0 atom stereocenters. The zero-order valence-electron chi connectivity index (χ0n) is 13.4. The minimum atomic E-state index is -0.604. The standard InChI is InChI=1S/C17H14FN3O4/c1-23-12-7-8-14(24-2)13(9-12)19-15(22)17-21-20-16(25-17)10-3-5-11(18)6-4-10/h3-9H,1-2H3,(H,19,22). The molecule has 2 aromatic carbocycles. The molecule has 1 N–H and O–H groups in total.